The van der Waals surface area contributed by atoms with E-state index in [1.54, 1.807) is 0 Å². The van der Waals surface area contributed by atoms with Crippen molar-refractivity contribution >= 4 is 34.1 Å². The molecule has 0 aliphatic rings. The predicted octanol–water partition coefficient (Wildman–Crippen LogP) is 5.17. The van der Waals surface area contributed by atoms with E-state index in [1.807, 2.05) is 80.2 Å². The van der Waals surface area contributed by atoms with Gasteiger partial charge in [0.25, 0.3) is 0 Å². The highest BCUT2D eigenvalue weighted by Gasteiger charge is 2.14. The van der Waals surface area contributed by atoms with Crippen LogP contribution in [0, 0.1) is 20.8 Å². The molecule has 33 heavy (non-hydrogen) atoms. The zero-order valence-electron chi connectivity index (χ0n) is 19.0. The number of benzene rings is 2. The van der Waals surface area contributed by atoms with E-state index in [4.69, 9.17) is 4.74 Å². The Morgan fingerprint density at radius 3 is 2.55 bits per heavy atom. The van der Waals surface area contributed by atoms with E-state index in [2.05, 4.69) is 20.5 Å². The maximum Gasteiger partial charge on any atom is 0.236 e. The molecule has 4 rings (SSSR count). The molecular weight excluding hydrogens is 454 g/mol. The van der Waals surface area contributed by atoms with Crippen LogP contribution in [0.2, 0.25) is 0 Å². The summed E-state index contributed by atoms with van der Waals surface area (Å²) in [5.41, 5.74) is 5.24. The van der Waals surface area contributed by atoms with Crippen LogP contribution in [0.3, 0.4) is 0 Å². The number of hydrogen-bond acceptors (Lipinski definition) is 7. The summed E-state index contributed by atoms with van der Waals surface area (Å²) >= 11 is 2.74. The quantitative estimate of drug-likeness (QED) is 0.351. The minimum absolute atomic E-state index is 0.138. The molecule has 0 saturated heterocycles. The fraction of sp³-hybridized carbons (Fsp3) is 0.250. The number of thiazole rings is 1. The molecule has 1 amide bonds. The molecule has 2 heterocycles. The van der Waals surface area contributed by atoms with E-state index in [1.165, 1.54) is 28.7 Å². The van der Waals surface area contributed by atoms with Crippen LogP contribution in [0.1, 0.15) is 22.5 Å². The van der Waals surface area contributed by atoms with Crippen molar-refractivity contribution in [1.29, 1.82) is 0 Å². The van der Waals surface area contributed by atoms with E-state index >= 15 is 0 Å². The van der Waals surface area contributed by atoms with Crippen LogP contribution in [0.25, 0.3) is 11.3 Å². The van der Waals surface area contributed by atoms with Crippen molar-refractivity contribution in [2.24, 2.45) is 7.05 Å². The van der Waals surface area contributed by atoms with Gasteiger partial charge in [0.15, 0.2) is 16.1 Å². The van der Waals surface area contributed by atoms with Crippen molar-refractivity contribution in [3.63, 3.8) is 0 Å². The number of carbonyl (C=O) groups excluding carboxylic acids is 1. The molecule has 9 heteroatoms. The average molecular weight is 480 g/mol. The third-order valence-corrected chi connectivity index (χ3v) is 6.89. The van der Waals surface area contributed by atoms with Gasteiger partial charge in [-0.25, -0.2) is 4.98 Å². The second-order valence-corrected chi connectivity index (χ2v) is 9.51. The van der Waals surface area contributed by atoms with E-state index in [9.17, 15) is 4.79 Å². The van der Waals surface area contributed by atoms with Crippen molar-refractivity contribution in [2.75, 3.05) is 11.1 Å². The first-order chi connectivity index (χ1) is 15.9. The molecule has 7 nitrogen and oxygen atoms in total. The van der Waals surface area contributed by atoms with Crippen LogP contribution < -0.4 is 10.1 Å². The summed E-state index contributed by atoms with van der Waals surface area (Å²) in [6.45, 7) is 6.39. The summed E-state index contributed by atoms with van der Waals surface area (Å²) in [6.07, 6.45) is 0. The minimum Gasteiger partial charge on any atom is -0.485 e. The Morgan fingerprint density at radius 1 is 1.09 bits per heavy atom. The summed E-state index contributed by atoms with van der Waals surface area (Å²) < 4.78 is 7.83. The molecule has 0 radical (unpaired) electrons. The van der Waals surface area contributed by atoms with Gasteiger partial charge in [0.1, 0.15) is 12.4 Å². The molecule has 0 atom stereocenters. The zero-order valence-corrected chi connectivity index (χ0v) is 20.6. The number of thioether (sulfide) groups is 1. The van der Waals surface area contributed by atoms with Gasteiger partial charge in [0.2, 0.25) is 5.91 Å². The lowest BCUT2D eigenvalue weighted by molar-refractivity contribution is -0.113. The van der Waals surface area contributed by atoms with Crippen molar-refractivity contribution in [2.45, 2.75) is 32.5 Å². The van der Waals surface area contributed by atoms with Crippen LogP contribution in [-0.2, 0) is 18.4 Å². The number of nitrogens with zero attached hydrogens (tertiary/aromatic N) is 4. The molecule has 0 aliphatic heterocycles. The van der Waals surface area contributed by atoms with Gasteiger partial charge >= 0.3 is 0 Å². The van der Waals surface area contributed by atoms with Gasteiger partial charge in [-0.15, -0.1) is 21.5 Å². The molecule has 0 unspecified atom stereocenters. The van der Waals surface area contributed by atoms with Gasteiger partial charge < -0.3 is 14.6 Å². The summed E-state index contributed by atoms with van der Waals surface area (Å²) in [5.74, 6) is 1.63. The van der Waals surface area contributed by atoms with Gasteiger partial charge in [-0.3, -0.25) is 4.79 Å². The SMILES string of the molecule is Cc1ccc(-c2csc(NC(=O)CSc3nnc(COc4c(C)cccc4C)n3C)n2)cc1. The molecule has 1 N–H and O–H groups in total. The van der Waals surface area contributed by atoms with Gasteiger partial charge in [0.05, 0.1) is 11.4 Å². The number of aromatic nitrogens is 4. The number of ether oxygens (including phenoxy) is 1. The van der Waals surface area contributed by atoms with Crippen molar-refractivity contribution in [1.82, 2.24) is 19.7 Å². The largest absolute Gasteiger partial charge is 0.485 e. The Bertz CT molecular complexity index is 1240. The van der Waals surface area contributed by atoms with Gasteiger partial charge in [0, 0.05) is 18.0 Å². The molecule has 0 aliphatic carbocycles. The first-order valence-electron chi connectivity index (χ1n) is 10.4. The number of aryl methyl sites for hydroxylation is 3. The topological polar surface area (TPSA) is 81.9 Å². The lowest BCUT2D eigenvalue weighted by Crippen LogP contribution is -2.14. The highest BCUT2D eigenvalue weighted by molar-refractivity contribution is 7.99. The van der Waals surface area contributed by atoms with Gasteiger partial charge in [-0.2, -0.15) is 0 Å². The number of hydrogen-bond donors (Lipinski definition) is 1. The normalized spacial score (nSPS) is 10.9. The Balaban J connectivity index is 1.31. The number of nitrogens with one attached hydrogen (secondary N) is 1. The summed E-state index contributed by atoms with van der Waals surface area (Å²) in [7, 11) is 1.87. The Labute approximate surface area is 201 Å². The molecular formula is C24H25N5O2S2. The van der Waals surface area contributed by atoms with Crippen LogP contribution in [0.15, 0.2) is 53.0 Å². The van der Waals surface area contributed by atoms with Crippen molar-refractivity contribution in [3.05, 3.63) is 70.4 Å². The second-order valence-electron chi connectivity index (χ2n) is 7.71. The maximum atomic E-state index is 12.4. The summed E-state index contributed by atoms with van der Waals surface area (Å²) in [4.78, 5) is 17.0. The molecule has 0 fully saturated rings. The fourth-order valence-electron chi connectivity index (χ4n) is 3.23. The Hall–Kier alpha value is -3.17. The monoisotopic (exact) mass is 479 g/mol. The average Bonchev–Trinajstić information content (AvgIpc) is 3.39. The second kappa shape index (κ2) is 10.2. The van der Waals surface area contributed by atoms with Crippen molar-refractivity contribution < 1.29 is 9.53 Å². The molecule has 2 aromatic carbocycles. The Morgan fingerprint density at radius 2 is 1.82 bits per heavy atom. The number of amides is 1. The lowest BCUT2D eigenvalue weighted by Gasteiger charge is -2.11. The highest BCUT2D eigenvalue weighted by atomic mass is 32.2. The number of carbonyl (C=O) groups is 1. The zero-order chi connectivity index (χ0) is 23.4. The van der Waals surface area contributed by atoms with E-state index in [-0.39, 0.29) is 11.7 Å². The highest BCUT2D eigenvalue weighted by Crippen LogP contribution is 2.26. The smallest absolute Gasteiger partial charge is 0.236 e. The first-order valence-corrected chi connectivity index (χ1v) is 12.3. The van der Waals surface area contributed by atoms with Crippen LogP contribution in [0.5, 0.6) is 5.75 Å². The standard InChI is InChI=1S/C24H25N5O2S2/c1-15-8-10-18(11-9-15)19-13-32-23(25-19)26-21(30)14-33-24-28-27-20(29(24)4)12-31-22-16(2)6-5-7-17(22)3/h5-11,13H,12,14H2,1-4H3,(H,25,26,30). The summed E-state index contributed by atoms with van der Waals surface area (Å²) in [5, 5.41) is 14.5. The lowest BCUT2D eigenvalue weighted by atomic mass is 10.1. The van der Waals surface area contributed by atoms with E-state index < -0.39 is 0 Å². The Kier molecular flexibility index (Phi) is 7.10. The number of para-hydroxylation sites is 1. The molecule has 0 saturated carbocycles. The van der Waals surface area contributed by atoms with Gasteiger partial charge in [-0.05, 0) is 31.9 Å². The van der Waals surface area contributed by atoms with E-state index in [0.717, 1.165) is 28.1 Å². The fourth-order valence-corrected chi connectivity index (χ4v) is 4.70. The van der Waals surface area contributed by atoms with Crippen molar-refractivity contribution in [3.8, 4) is 17.0 Å². The van der Waals surface area contributed by atoms with E-state index in [0.29, 0.717) is 22.7 Å². The third kappa shape index (κ3) is 5.61. The van der Waals surface area contributed by atoms with Gasteiger partial charge in [-0.1, -0.05) is 59.8 Å². The minimum atomic E-state index is -0.138. The maximum absolute atomic E-state index is 12.4. The number of anilines is 1. The van der Waals surface area contributed by atoms with Crippen LogP contribution in [-0.4, -0.2) is 31.4 Å². The first kappa shape index (κ1) is 23.0. The molecule has 0 bridgehead atoms. The third-order valence-electron chi connectivity index (χ3n) is 5.11. The molecule has 170 valence electrons. The molecule has 2 aromatic heterocycles. The predicted molar refractivity (Wildman–Crippen MR) is 133 cm³/mol. The molecule has 0 spiro atoms. The summed E-state index contributed by atoms with van der Waals surface area (Å²) in [6, 6.07) is 14.2. The van der Waals surface area contributed by atoms with Crippen LogP contribution in [0.4, 0.5) is 5.13 Å². The number of rotatable bonds is 8. The molecule has 4 aromatic rings. The van der Waals surface area contributed by atoms with Crippen LogP contribution >= 0.6 is 23.1 Å².